The van der Waals surface area contributed by atoms with E-state index in [4.69, 9.17) is 4.43 Å². The Morgan fingerprint density at radius 1 is 1.36 bits per heavy atom. The van der Waals surface area contributed by atoms with Crippen LogP contribution in [-0.4, -0.2) is 8.32 Å². The topological polar surface area (TPSA) is 9.23 Å². The monoisotopic (exact) mass is 170 g/mol. The molecule has 1 unspecified atom stereocenters. The van der Waals surface area contributed by atoms with Gasteiger partial charge in [0.1, 0.15) is 0 Å². The Kier molecular flexibility index (Phi) is 4.28. The minimum absolute atomic E-state index is 0.464. The van der Waals surface area contributed by atoms with Gasteiger partial charge in [-0.05, 0) is 26.1 Å². The number of rotatable bonds is 2. The molecular weight excluding hydrogens is 152 g/mol. The molecule has 0 aliphatic rings. The highest BCUT2D eigenvalue weighted by molar-refractivity contribution is 6.70. The summed E-state index contributed by atoms with van der Waals surface area (Å²) < 4.78 is 5.38. The summed E-state index contributed by atoms with van der Waals surface area (Å²) in [5.74, 6) is 3.52. The van der Waals surface area contributed by atoms with Crippen LogP contribution in [0.4, 0.5) is 0 Å². The van der Waals surface area contributed by atoms with Crippen LogP contribution in [0, 0.1) is 17.9 Å². The van der Waals surface area contributed by atoms with Crippen LogP contribution in [0.15, 0.2) is 0 Å². The normalized spacial score (nSPS) is 13.2. The Morgan fingerprint density at radius 3 is 2.27 bits per heavy atom. The summed E-state index contributed by atoms with van der Waals surface area (Å²) >= 11 is 0. The minimum Gasteiger partial charge on any atom is -0.501 e. The largest absolute Gasteiger partial charge is 0.501 e. The van der Waals surface area contributed by atoms with Crippen molar-refractivity contribution in [2.45, 2.75) is 39.9 Å². The van der Waals surface area contributed by atoms with Gasteiger partial charge in [0.15, 0.2) is 0 Å². The van der Waals surface area contributed by atoms with E-state index in [-0.39, 0.29) is 0 Å². The van der Waals surface area contributed by atoms with Crippen LogP contribution in [0.5, 0.6) is 0 Å². The van der Waals surface area contributed by atoms with Gasteiger partial charge in [0, 0.05) is 5.92 Å². The van der Waals surface area contributed by atoms with Crippen LogP contribution in [0.2, 0.25) is 19.6 Å². The molecule has 11 heavy (non-hydrogen) atoms. The van der Waals surface area contributed by atoms with Crippen molar-refractivity contribution in [1.82, 2.24) is 0 Å². The first-order valence-electron chi connectivity index (χ1n) is 4.14. The molecule has 0 aliphatic heterocycles. The lowest BCUT2D eigenvalue weighted by atomic mass is 10.1. The Labute approximate surface area is 71.3 Å². The average molecular weight is 170 g/mol. The molecule has 0 heterocycles. The standard InChI is InChI=1S/C9H18OSi/c1-6-9(2)7-8-10-11(3,4)5/h9H,6H2,1-5H3. The molecule has 0 aromatic rings. The summed E-state index contributed by atoms with van der Waals surface area (Å²) in [7, 11) is -1.41. The molecule has 0 saturated carbocycles. The average Bonchev–Trinajstić information content (AvgIpc) is 1.85. The lowest BCUT2D eigenvalue weighted by Crippen LogP contribution is -2.22. The second kappa shape index (κ2) is 4.45. The molecule has 2 heteroatoms. The highest BCUT2D eigenvalue weighted by Crippen LogP contribution is 2.02. The predicted molar refractivity (Wildman–Crippen MR) is 51.7 cm³/mol. The summed E-state index contributed by atoms with van der Waals surface area (Å²) in [6, 6.07) is 0. The lowest BCUT2D eigenvalue weighted by Gasteiger charge is -2.11. The molecule has 0 saturated heterocycles. The van der Waals surface area contributed by atoms with Crippen LogP contribution in [0.3, 0.4) is 0 Å². The van der Waals surface area contributed by atoms with Crippen molar-refractivity contribution in [1.29, 1.82) is 0 Å². The number of hydrogen-bond acceptors (Lipinski definition) is 1. The van der Waals surface area contributed by atoms with Crippen molar-refractivity contribution in [3.8, 4) is 12.0 Å². The van der Waals surface area contributed by atoms with Gasteiger partial charge in [0.25, 0.3) is 8.32 Å². The van der Waals surface area contributed by atoms with Gasteiger partial charge >= 0.3 is 0 Å². The molecule has 0 aliphatic carbocycles. The lowest BCUT2D eigenvalue weighted by molar-refractivity contribution is 0.515. The summed E-state index contributed by atoms with van der Waals surface area (Å²) in [6.45, 7) is 10.7. The summed E-state index contributed by atoms with van der Waals surface area (Å²) in [6.07, 6.45) is 3.89. The Bertz CT molecular complexity index is 159. The Balaban J connectivity index is 3.73. The zero-order valence-corrected chi connectivity index (χ0v) is 9.19. The molecule has 0 spiro atoms. The van der Waals surface area contributed by atoms with Gasteiger partial charge in [-0.3, -0.25) is 0 Å². The molecule has 0 rings (SSSR count). The van der Waals surface area contributed by atoms with Gasteiger partial charge in [-0.25, -0.2) is 0 Å². The van der Waals surface area contributed by atoms with Crippen molar-refractivity contribution >= 4 is 8.32 Å². The molecule has 1 nitrogen and oxygen atoms in total. The second-order valence-electron chi connectivity index (χ2n) is 3.77. The first kappa shape index (κ1) is 10.6. The van der Waals surface area contributed by atoms with E-state index in [1.54, 1.807) is 0 Å². The van der Waals surface area contributed by atoms with Crippen LogP contribution in [-0.2, 0) is 4.43 Å². The van der Waals surface area contributed by atoms with Crippen molar-refractivity contribution in [2.75, 3.05) is 0 Å². The van der Waals surface area contributed by atoms with E-state index in [0.29, 0.717) is 5.92 Å². The summed E-state index contributed by atoms with van der Waals surface area (Å²) in [5, 5.41) is 0. The van der Waals surface area contributed by atoms with Gasteiger partial charge < -0.3 is 4.43 Å². The zero-order valence-electron chi connectivity index (χ0n) is 8.19. The molecule has 0 fully saturated rings. The highest BCUT2D eigenvalue weighted by Gasteiger charge is 2.13. The van der Waals surface area contributed by atoms with Crippen LogP contribution in [0.1, 0.15) is 20.3 Å². The molecule has 0 N–H and O–H groups in total. The van der Waals surface area contributed by atoms with Crippen LogP contribution >= 0.6 is 0 Å². The third-order valence-electron chi connectivity index (χ3n) is 1.27. The molecule has 0 aromatic heterocycles. The summed E-state index contributed by atoms with van der Waals surface area (Å²) in [4.78, 5) is 0. The zero-order chi connectivity index (χ0) is 8.91. The van der Waals surface area contributed by atoms with Crippen molar-refractivity contribution in [3.05, 3.63) is 0 Å². The van der Waals surface area contributed by atoms with Gasteiger partial charge in [0.05, 0.1) is 6.11 Å². The van der Waals surface area contributed by atoms with Crippen molar-refractivity contribution in [2.24, 2.45) is 5.92 Å². The van der Waals surface area contributed by atoms with E-state index in [2.05, 4.69) is 45.5 Å². The van der Waals surface area contributed by atoms with Crippen molar-refractivity contribution < 1.29 is 4.43 Å². The maximum atomic E-state index is 5.38. The molecule has 0 bridgehead atoms. The third-order valence-corrected chi connectivity index (χ3v) is 1.99. The molecule has 0 radical (unpaired) electrons. The molecule has 1 atom stereocenters. The first-order valence-corrected chi connectivity index (χ1v) is 7.55. The minimum atomic E-state index is -1.41. The second-order valence-corrected chi connectivity index (χ2v) is 8.20. The summed E-state index contributed by atoms with van der Waals surface area (Å²) in [5.41, 5.74) is 0. The van der Waals surface area contributed by atoms with E-state index >= 15 is 0 Å². The molecular formula is C9H18OSi. The Hall–Kier alpha value is -0.423. The van der Waals surface area contributed by atoms with Gasteiger partial charge in [0.2, 0.25) is 0 Å². The van der Waals surface area contributed by atoms with Crippen molar-refractivity contribution in [3.63, 3.8) is 0 Å². The Morgan fingerprint density at radius 2 is 1.91 bits per heavy atom. The van der Waals surface area contributed by atoms with Gasteiger partial charge in [-0.1, -0.05) is 19.8 Å². The fourth-order valence-corrected chi connectivity index (χ4v) is 0.750. The van der Waals surface area contributed by atoms with E-state index in [1.807, 2.05) is 0 Å². The quantitative estimate of drug-likeness (QED) is 0.457. The van der Waals surface area contributed by atoms with Crippen LogP contribution in [0.25, 0.3) is 0 Å². The van der Waals surface area contributed by atoms with Crippen LogP contribution < -0.4 is 0 Å². The maximum absolute atomic E-state index is 5.38. The SMILES string of the molecule is CCC(C)C#CO[Si](C)(C)C. The first-order chi connectivity index (χ1) is 4.95. The smallest absolute Gasteiger partial charge is 0.255 e. The highest BCUT2D eigenvalue weighted by atomic mass is 28.4. The van der Waals surface area contributed by atoms with E-state index in [0.717, 1.165) is 6.42 Å². The fraction of sp³-hybridized carbons (Fsp3) is 0.778. The molecule has 0 amide bonds. The predicted octanol–water partition coefficient (Wildman–Crippen LogP) is 2.84. The fourth-order valence-electron chi connectivity index (χ4n) is 0.385. The van der Waals surface area contributed by atoms with Gasteiger partial charge in [-0.15, -0.1) is 0 Å². The van der Waals surface area contributed by atoms with E-state index in [9.17, 15) is 0 Å². The van der Waals surface area contributed by atoms with E-state index in [1.165, 1.54) is 0 Å². The van der Waals surface area contributed by atoms with E-state index < -0.39 is 8.32 Å². The number of hydrogen-bond donors (Lipinski definition) is 0. The molecule has 64 valence electrons. The maximum Gasteiger partial charge on any atom is 0.255 e. The third kappa shape index (κ3) is 7.47. The van der Waals surface area contributed by atoms with Gasteiger partial charge in [-0.2, -0.15) is 0 Å². The molecule has 0 aromatic carbocycles.